The largest absolute Gasteiger partial charge is 0.206 e. The Bertz CT molecular complexity index is 871. The van der Waals surface area contributed by atoms with Crippen LogP contribution in [0.2, 0.25) is 0 Å². The van der Waals surface area contributed by atoms with Gasteiger partial charge in [-0.05, 0) is 11.1 Å². The Kier molecular flexibility index (Phi) is 4.72. The minimum atomic E-state index is -1.84. The third kappa shape index (κ3) is 2.95. The van der Waals surface area contributed by atoms with Gasteiger partial charge in [0.1, 0.15) is 0 Å². The molecule has 3 heteroatoms. The van der Waals surface area contributed by atoms with Gasteiger partial charge in [-0.25, -0.2) is 8.78 Å². The fourth-order valence-corrected chi connectivity index (χ4v) is 2.85. The molecule has 25 heavy (non-hydrogen) atoms. The number of allylic oxidation sites excluding steroid dienone is 1. The number of hydrogen-bond acceptors (Lipinski definition) is 1. The van der Waals surface area contributed by atoms with Crippen molar-refractivity contribution in [3.05, 3.63) is 114 Å². The molecule has 0 spiro atoms. The van der Waals surface area contributed by atoms with E-state index in [9.17, 15) is 9.65 Å². The normalized spacial score (nSPS) is 12.2. The van der Waals surface area contributed by atoms with Crippen molar-refractivity contribution in [2.75, 3.05) is 0 Å². The second-order valence-electron chi connectivity index (χ2n) is 5.59. The van der Waals surface area contributed by atoms with Crippen molar-refractivity contribution < 1.29 is 8.78 Å². The summed E-state index contributed by atoms with van der Waals surface area (Å²) in [6.07, 6.45) is 0. The van der Waals surface area contributed by atoms with Crippen LogP contribution >= 0.6 is 0 Å². The van der Waals surface area contributed by atoms with Crippen molar-refractivity contribution in [3.8, 4) is 6.07 Å². The van der Waals surface area contributed by atoms with Crippen LogP contribution in [0.1, 0.15) is 16.7 Å². The Labute approximate surface area is 145 Å². The summed E-state index contributed by atoms with van der Waals surface area (Å²) >= 11 is 0. The van der Waals surface area contributed by atoms with E-state index in [1.54, 1.807) is 78.9 Å². The quantitative estimate of drug-likeness (QED) is 0.592. The van der Waals surface area contributed by atoms with Gasteiger partial charge in [0.2, 0.25) is 0 Å². The van der Waals surface area contributed by atoms with E-state index in [1.165, 1.54) is 12.1 Å². The molecular formula is C22H15F2N. The minimum absolute atomic E-state index is 0.103. The van der Waals surface area contributed by atoms with Crippen LogP contribution < -0.4 is 0 Å². The maximum absolute atomic E-state index is 15.5. The van der Waals surface area contributed by atoms with Gasteiger partial charge in [-0.1, -0.05) is 91.0 Å². The molecule has 3 aromatic rings. The van der Waals surface area contributed by atoms with E-state index in [0.717, 1.165) is 0 Å². The van der Waals surface area contributed by atoms with Crippen LogP contribution in [-0.2, 0) is 5.41 Å². The molecule has 0 aliphatic heterocycles. The van der Waals surface area contributed by atoms with Gasteiger partial charge in [0, 0.05) is 5.56 Å². The molecule has 0 fully saturated rings. The molecule has 0 aromatic heterocycles. The summed E-state index contributed by atoms with van der Waals surface area (Å²) in [7, 11) is 0. The smallest absolute Gasteiger partial charge is 0.165 e. The molecule has 0 aliphatic carbocycles. The molecule has 0 unspecified atom stereocenters. The second kappa shape index (κ2) is 7.11. The molecule has 3 aromatic carbocycles. The first-order valence-corrected chi connectivity index (χ1v) is 7.83. The first-order valence-electron chi connectivity index (χ1n) is 7.83. The summed E-state index contributed by atoms with van der Waals surface area (Å²) in [5, 5.41) is 9.96. The standard InChI is InChI=1S/C22H15F2N/c23-20(17-10-4-1-5-11-17)21(24)22(16-25,18-12-6-2-7-13-18)19-14-8-3-9-15-19/h1-15H/b21-20+. The summed E-state index contributed by atoms with van der Waals surface area (Å²) < 4.78 is 30.4. The van der Waals surface area contributed by atoms with Crippen molar-refractivity contribution in [2.45, 2.75) is 5.41 Å². The third-order valence-electron chi connectivity index (χ3n) is 4.13. The lowest BCUT2D eigenvalue weighted by Gasteiger charge is -2.26. The molecule has 1 nitrogen and oxygen atoms in total. The molecule has 0 N–H and O–H groups in total. The highest BCUT2D eigenvalue weighted by atomic mass is 19.2. The summed E-state index contributed by atoms with van der Waals surface area (Å²) in [5.74, 6) is -2.14. The summed E-state index contributed by atoms with van der Waals surface area (Å²) in [5.41, 5.74) is -0.978. The monoisotopic (exact) mass is 331 g/mol. The number of hydrogen-bond donors (Lipinski definition) is 0. The Morgan fingerprint density at radius 2 is 1.08 bits per heavy atom. The van der Waals surface area contributed by atoms with E-state index >= 15 is 4.39 Å². The number of benzene rings is 3. The molecule has 0 radical (unpaired) electrons. The van der Waals surface area contributed by atoms with Crippen LogP contribution in [0.4, 0.5) is 8.78 Å². The molecule has 0 saturated carbocycles. The van der Waals surface area contributed by atoms with Crippen molar-refractivity contribution in [1.82, 2.24) is 0 Å². The number of nitrogens with zero attached hydrogens (tertiary/aromatic N) is 1. The molecule has 3 rings (SSSR count). The van der Waals surface area contributed by atoms with E-state index in [1.807, 2.05) is 6.07 Å². The van der Waals surface area contributed by atoms with Crippen molar-refractivity contribution in [1.29, 1.82) is 5.26 Å². The lowest BCUT2D eigenvalue weighted by atomic mass is 9.74. The molecule has 122 valence electrons. The van der Waals surface area contributed by atoms with Gasteiger partial charge in [-0.3, -0.25) is 0 Å². The fourth-order valence-electron chi connectivity index (χ4n) is 2.85. The maximum Gasteiger partial charge on any atom is 0.165 e. The zero-order chi connectivity index (χ0) is 17.7. The van der Waals surface area contributed by atoms with Crippen LogP contribution in [0.5, 0.6) is 0 Å². The van der Waals surface area contributed by atoms with Gasteiger partial charge in [-0.15, -0.1) is 0 Å². The number of halogens is 2. The van der Waals surface area contributed by atoms with E-state index in [4.69, 9.17) is 0 Å². The zero-order valence-corrected chi connectivity index (χ0v) is 13.4. The average Bonchev–Trinajstić information content (AvgIpc) is 2.70. The average molecular weight is 331 g/mol. The van der Waals surface area contributed by atoms with Gasteiger partial charge < -0.3 is 0 Å². The highest BCUT2D eigenvalue weighted by molar-refractivity contribution is 5.68. The molecular weight excluding hydrogens is 316 g/mol. The van der Waals surface area contributed by atoms with Gasteiger partial charge in [0.15, 0.2) is 17.1 Å². The first-order chi connectivity index (χ1) is 12.2. The van der Waals surface area contributed by atoms with Crippen LogP contribution in [-0.4, -0.2) is 0 Å². The second-order valence-corrected chi connectivity index (χ2v) is 5.59. The minimum Gasteiger partial charge on any atom is -0.206 e. The summed E-state index contributed by atoms with van der Waals surface area (Å²) in [6.45, 7) is 0. The molecule has 0 heterocycles. The van der Waals surface area contributed by atoms with Gasteiger partial charge in [0.25, 0.3) is 0 Å². The highest BCUT2D eigenvalue weighted by Crippen LogP contribution is 2.43. The molecule has 0 amide bonds. The predicted molar refractivity (Wildman–Crippen MR) is 94.9 cm³/mol. The molecule has 0 atom stereocenters. The van der Waals surface area contributed by atoms with Crippen molar-refractivity contribution in [2.24, 2.45) is 0 Å². The zero-order valence-electron chi connectivity index (χ0n) is 13.4. The SMILES string of the molecule is N#CC(/C(F)=C(\F)c1ccccc1)(c1ccccc1)c1ccccc1. The fraction of sp³-hybridized carbons (Fsp3) is 0.0455. The Morgan fingerprint density at radius 3 is 1.48 bits per heavy atom. The van der Waals surface area contributed by atoms with Crippen LogP contribution in [0.3, 0.4) is 0 Å². The van der Waals surface area contributed by atoms with Crippen LogP contribution in [0, 0.1) is 11.3 Å². The summed E-state index contributed by atoms with van der Waals surface area (Å²) in [4.78, 5) is 0. The Balaban J connectivity index is 2.31. The Morgan fingerprint density at radius 1 is 0.680 bits per heavy atom. The van der Waals surface area contributed by atoms with Crippen LogP contribution in [0.15, 0.2) is 96.8 Å². The van der Waals surface area contributed by atoms with E-state index in [0.29, 0.717) is 11.1 Å². The lowest BCUT2D eigenvalue weighted by Crippen LogP contribution is -2.27. The highest BCUT2D eigenvalue weighted by Gasteiger charge is 2.42. The lowest BCUT2D eigenvalue weighted by molar-refractivity contribution is 0.506. The number of nitriles is 1. The Hall–Kier alpha value is -3.25. The van der Waals surface area contributed by atoms with Gasteiger partial charge in [0.05, 0.1) is 6.07 Å². The van der Waals surface area contributed by atoms with Gasteiger partial charge >= 0.3 is 0 Å². The van der Waals surface area contributed by atoms with E-state index in [2.05, 4.69) is 0 Å². The number of rotatable bonds is 4. The summed E-state index contributed by atoms with van der Waals surface area (Å²) in [6, 6.07) is 26.9. The van der Waals surface area contributed by atoms with E-state index in [-0.39, 0.29) is 5.56 Å². The molecule has 0 saturated heterocycles. The first kappa shape index (κ1) is 16.6. The molecule has 0 aliphatic rings. The van der Waals surface area contributed by atoms with Crippen molar-refractivity contribution in [3.63, 3.8) is 0 Å². The third-order valence-corrected chi connectivity index (χ3v) is 4.13. The topological polar surface area (TPSA) is 23.8 Å². The van der Waals surface area contributed by atoms with Crippen LogP contribution in [0.25, 0.3) is 5.83 Å². The predicted octanol–water partition coefficient (Wildman–Crippen LogP) is 5.80. The van der Waals surface area contributed by atoms with E-state index < -0.39 is 17.1 Å². The maximum atomic E-state index is 15.5. The van der Waals surface area contributed by atoms with Gasteiger partial charge in [-0.2, -0.15) is 5.26 Å². The molecule has 0 bridgehead atoms. The van der Waals surface area contributed by atoms with Crippen molar-refractivity contribution >= 4 is 5.83 Å².